The Hall–Kier alpha value is -2.37. The molecule has 0 spiro atoms. The molecular weight excluding hydrogens is 282 g/mol. The molecule has 2 aliphatic rings. The second-order valence-corrected chi connectivity index (χ2v) is 5.96. The Labute approximate surface area is 129 Å². The fourth-order valence-electron chi connectivity index (χ4n) is 2.89. The van der Waals surface area contributed by atoms with Crippen LogP contribution in [0.4, 0.5) is 0 Å². The molecule has 0 saturated carbocycles. The van der Waals surface area contributed by atoms with Crippen LogP contribution in [0.5, 0.6) is 0 Å². The minimum Gasteiger partial charge on any atom is -0.338 e. The molecule has 1 N–H and O–H groups in total. The third kappa shape index (κ3) is 2.95. The van der Waals surface area contributed by atoms with Gasteiger partial charge in [0.15, 0.2) is 0 Å². The Bertz CT molecular complexity index is 612. The maximum atomic E-state index is 12.3. The first-order valence-corrected chi connectivity index (χ1v) is 7.42. The summed E-state index contributed by atoms with van der Waals surface area (Å²) in [4.78, 5) is 38.8. The van der Waals surface area contributed by atoms with Gasteiger partial charge in [-0.25, -0.2) is 0 Å². The van der Waals surface area contributed by atoms with Crippen LogP contribution in [0.2, 0.25) is 0 Å². The number of amides is 3. The van der Waals surface area contributed by atoms with Crippen LogP contribution in [0.1, 0.15) is 17.5 Å². The van der Waals surface area contributed by atoms with Gasteiger partial charge < -0.3 is 15.1 Å². The van der Waals surface area contributed by atoms with Crippen molar-refractivity contribution in [3.8, 4) is 0 Å². The average molecular weight is 301 g/mol. The SMILES string of the molecule is Cc1ccc(CN2CC(C(=O)N3CNC(=O)C3)CC2=O)cc1. The van der Waals surface area contributed by atoms with Crippen molar-refractivity contribution in [3.63, 3.8) is 0 Å². The summed E-state index contributed by atoms with van der Waals surface area (Å²) >= 11 is 0. The van der Waals surface area contributed by atoms with Crippen molar-refractivity contribution in [2.24, 2.45) is 5.92 Å². The molecule has 2 fully saturated rings. The van der Waals surface area contributed by atoms with E-state index in [9.17, 15) is 14.4 Å². The molecule has 0 aliphatic carbocycles. The molecule has 3 amide bonds. The van der Waals surface area contributed by atoms with E-state index in [2.05, 4.69) is 5.32 Å². The van der Waals surface area contributed by atoms with Crippen molar-refractivity contribution < 1.29 is 14.4 Å². The number of likely N-dealkylation sites (tertiary alicyclic amines) is 1. The van der Waals surface area contributed by atoms with Gasteiger partial charge in [-0.2, -0.15) is 0 Å². The standard InChI is InChI=1S/C16H19N3O3/c1-11-2-4-12(5-3-11)7-18-8-13(6-15(18)21)16(22)19-9-14(20)17-10-19/h2-5,13H,6-10H2,1H3,(H,17,20). The Balaban J connectivity index is 1.61. The Morgan fingerprint density at radius 1 is 1.27 bits per heavy atom. The van der Waals surface area contributed by atoms with E-state index < -0.39 is 0 Å². The fraction of sp³-hybridized carbons (Fsp3) is 0.438. The average Bonchev–Trinajstić information content (AvgIpc) is 3.08. The number of hydrogen-bond donors (Lipinski definition) is 1. The van der Waals surface area contributed by atoms with Gasteiger partial charge in [0.1, 0.15) is 6.54 Å². The van der Waals surface area contributed by atoms with Crippen molar-refractivity contribution in [1.29, 1.82) is 0 Å². The minimum atomic E-state index is -0.342. The highest BCUT2D eigenvalue weighted by molar-refractivity contribution is 5.92. The summed E-state index contributed by atoms with van der Waals surface area (Å²) in [6, 6.07) is 8.03. The van der Waals surface area contributed by atoms with Crippen molar-refractivity contribution in [2.45, 2.75) is 19.9 Å². The summed E-state index contributed by atoms with van der Waals surface area (Å²) in [7, 11) is 0. The topological polar surface area (TPSA) is 69.7 Å². The van der Waals surface area contributed by atoms with Gasteiger partial charge in [0.2, 0.25) is 17.7 Å². The highest BCUT2D eigenvalue weighted by Gasteiger charge is 2.38. The van der Waals surface area contributed by atoms with E-state index in [0.29, 0.717) is 13.1 Å². The second kappa shape index (κ2) is 5.79. The number of aryl methyl sites for hydroxylation is 1. The van der Waals surface area contributed by atoms with E-state index in [0.717, 1.165) is 5.56 Å². The van der Waals surface area contributed by atoms with Gasteiger partial charge >= 0.3 is 0 Å². The maximum Gasteiger partial charge on any atom is 0.241 e. The number of carbonyl (C=O) groups excluding carboxylic acids is 3. The number of hydrogen-bond acceptors (Lipinski definition) is 3. The van der Waals surface area contributed by atoms with E-state index in [4.69, 9.17) is 0 Å². The van der Waals surface area contributed by atoms with E-state index in [1.54, 1.807) is 4.90 Å². The minimum absolute atomic E-state index is 0.00240. The molecule has 1 aromatic carbocycles. The van der Waals surface area contributed by atoms with Gasteiger partial charge in [0, 0.05) is 19.5 Å². The lowest BCUT2D eigenvalue weighted by atomic mass is 10.1. The van der Waals surface area contributed by atoms with Crippen molar-refractivity contribution in [2.75, 3.05) is 19.8 Å². The molecule has 2 saturated heterocycles. The van der Waals surface area contributed by atoms with Gasteiger partial charge in [0.25, 0.3) is 0 Å². The molecular formula is C16H19N3O3. The monoisotopic (exact) mass is 301 g/mol. The first-order valence-electron chi connectivity index (χ1n) is 7.42. The summed E-state index contributed by atoms with van der Waals surface area (Å²) < 4.78 is 0. The van der Waals surface area contributed by atoms with E-state index in [1.807, 2.05) is 31.2 Å². The van der Waals surface area contributed by atoms with Gasteiger partial charge in [-0.3, -0.25) is 14.4 Å². The molecule has 2 heterocycles. The van der Waals surface area contributed by atoms with Crippen LogP contribution in [0, 0.1) is 12.8 Å². The summed E-state index contributed by atoms with van der Waals surface area (Å²) in [5, 5.41) is 2.61. The van der Waals surface area contributed by atoms with E-state index in [-0.39, 0.29) is 43.3 Å². The zero-order valence-corrected chi connectivity index (χ0v) is 12.5. The van der Waals surface area contributed by atoms with Crippen molar-refractivity contribution >= 4 is 17.7 Å². The predicted octanol–water partition coefficient (Wildman–Crippen LogP) is 0.259. The number of carbonyl (C=O) groups is 3. The highest BCUT2D eigenvalue weighted by atomic mass is 16.2. The summed E-state index contributed by atoms with van der Waals surface area (Å²) in [5.74, 6) is -0.602. The lowest BCUT2D eigenvalue weighted by molar-refractivity contribution is -0.135. The van der Waals surface area contributed by atoms with Gasteiger partial charge in [-0.1, -0.05) is 29.8 Å². The molecule has 2 aliphatic heterocycles. The first kappa shape index (κ1) is 14.6. The molecule has 6 nitrogen and oxygen atoms in total. The van der Waals surface area contributed by atoms with E-state index in [1.165, 1.54) is 10.5 Å². The molecule has 0 bridgehead atoms. The van der Waals surface area contributed by atoms with Crippen molar-refractivity contribution in [1.82, 2.24) is 15.1 Å². The molecule has 0 radical (unpaired) electrons. The zero-order chi connectivity index (χ0) is 15.7. The van der Waals surface area contributed by atoms with Crippen LogP contribution >= 0.6 is 0 Å². The normalized spacial score (nSPS) is 21.4. The number of nitrogens with one attached hydrogen (secondary N) is 1. The largest absolute Gasteiger partial charge is 0.338 e. The molecule has 1 aromatic rings. The number of benzene rings is 1. The van der Waals surface area contributed by atoms with Crippen LogP contribution in [0.3, 0.4) is 0 Å². The van der Waals surface area contributed by atoms with E-state index >= 15 is 0 Å². The highest BCUT2D eigenvalue weighted by Crippen LogP contribution is 2.22. The third-order valence-corrected chi connectivity index (χ3v) is 4.17. The van der Waals surface area contributed by atoms with Crippen molar-refractivity contribution in [3.05, 3.63) is 35.4 Å². The Morgan fingerprint density at radius 3 is 2.64 bits per heavy atom. The molecule has 0 aromatic heterocycles. The van der Waals surface area contributed by atoms with Crippen LogP contribution in [0.15, 0.2) is 24.3 Å². The smallest absolute Gasteiger partial charge is 0.241 e. The molecule has 1 atom stereocenters. The third-order valence-electron chi connectivity index (χ3n) is 4.17. The quantitative estimate of drug-likeness (QED) is 0.870. The number of nitrogens with zero attached hydrogens (tertiary/aromatic N) is 2. The van der Waals surface area contributed by atoms with Gasteiger partial charge in [-0.15, -0.1) is 0 Å². The zero-order valence-electron chi connectivity index (χ0n) is 12.5. The van der Waals surface area contributed by atoms with Gasteiger partial charge in [-0.05, 0) is 12.5 Å². The second-order valence-electron chi connectivity index (χ2n) is 5.96. The molecule has 116 valence electrons. The molecule has 1 unspecified atom stereocenters. The fourth-order valence-corrected chi connectivity index (χ4v) is 2.89. The summed E-state index contributed by atoms with van der Waals surface area (Å²) in [6.07, 6.45) is 0.232. The van der Waals surface area contributed by atoms with Gasteiger partial charge in [0.05, 0.1) is 12.6 Å². The lowest BCUT2D eigenvalue weighted by Gasteiger charge is -2.19. The molecule has 22 heavy (non-hydrogen) atoms. The van der Waals surface area contributed by atoms with Crippen LogP contribution in [0.25, 0.3) is 0 Å². The summed E-state index contributed by atoms with van der Waals surface area (Å²) in [6.45, 7) is 3.32. The van der Waals surface area contributed by atoms with Crippen LogP contribution < -0.4 is 5.32 Å². The number of rotatable bonds is 3. The Morgan fingerprint density at radius 2 is 2.00 bits per heavy atom. The molecule has 6 heteroatoms. The summed E-state index contributed by atoms with van der Waals surface area (Å²) in [5.41, 5.74) is 2.24. The first-order chi connectivity index (χ1) is 10.5. The lowest BCUT2D eigenvalue weighted by Crippen LogP contribution is -2.36. The molecule has 3 rings (SSSR count). The Kier molecular flexibility index (Phi) is 3.83. The van der Waals surface area contributed by atoms with Crippen LogP contribution in [-0.2, 0) is 20.9 Å². The predicted molar refractivity (Wildman–Crippen MR) is 79.4 cm³/mol. The maximum absolute atomic E-state index is 12.3. The van der Waals surface area contributed by atoms with Crippen LogP contribution in [-0.4, -0.2) is 47.3 Å².